The van der Waals surface area contributed by atoms with Crippen LogP contribution in [0.5, 0.6) is 0 Å². The molecule has 0 spiro atoms. The fourth-order valence-electron chi connectivity index (χ4n) is 1.28. The molecule has 0 aromatic rings. The summed E-state index contributed by atoms with van der Waals surface area (Å²) in [4.78, 5) is 0. The average molecular weight is 212 g/mol. The lowest BCUT2D eigenvalue weighted by Crippen LogP contribution is -2.60. The summed E-state index contributed by atoms with van der Waals surface area (Å²) in [6.07, 6.45) is -2.37. The SMILES string of the molecule is COC1OC(CO)C(O)C(N)C1Cl. The van der Waals surface area contributed by atoms with Gasteiger partial charge in [0.2, 0.25) is 0 Å². The second-order valence-electron chi connectivity index (χ2n) is 2.97. The molecule has 5 unspecified atom stereocenters. The van der Waals surface area contributed by atoms with E-state index in [0.717, 1.165) is 0 Å². The van der Waals surface area contributed by atoms with Crippen LogP contribution in [0.3, 0.4) is 0 Å². The van der Waals surface area contributed by atoms with Crippen LogP contribution < -0.4 is 5.73 Å². The minimum absolute atomic E-state index is 0.307. The van der Waals surface area contributed by atoms with E-state index in [1.807, 2.05) is 0 Å². The molecule has 0 aromatic heterocycles. The summed E-state index contributed by atoms with van der Waals surface area (Å²) < 4.78 is 10.0. The number of nitrogens with two attached hydrogens (primary N) is 1. The summed E-state index contributed by atoms with van der Waals surface area (Å²) in [5.41, 5.74) is 5.60. The maximum Gasteiger partial charge on any atom is 0.175 e. The Balaban J connectivity index is 2.66. The van der Waals surface area contributed by atoms with Crippen LogP contribution in [0.15, 0.2) is 0 Å². The third kappa shape index (κ3) is 2.12. The Labute approximate surface area is 81.4 Å². The van der Waals surface area contributed by atoms with Crippen molar-refractivity contribution in [2.24, 2.45) is 5.73 Å². The molecule has 1 fully saturated rings. The van der Waals surface area contributed by atoms with E-state index in [0.29, 0.717) is 0 Å². The molecule has 1 aliphatic heterocycles. The highest BCUT2D eigenvalue weighted by molar-refractivity contribution is 6.21. The molecule has 5 nitrogen and oxygen atoms in total. The molecule has 0 aromatic carbocycles. The summed E-state index contributed by atoms with van der Waals surface area (Å²) >= 11 is 5.83. The maximum absolute atomic E-state index is 9.47. The Morgan fingerprint density at radius 1 is 1.62 bits per heavy atom. The van der Waals surface area contributed by atoms with Crippen LogP contribution in [-0.2, 0) is 9.47 Å². The van der Waals surface area contributed by atoms with Gasteiger partial charge in [-0.1, -0.05) is 0 Å². The van der Waals surface area contributed by atoms with Gasteiger partial charge in [0.1, 0.15) is 11.5 Å². The van der Waals surface area contributed by atoms with Crippen LogP contribution in [0.4, 0.5) is 0 Å². The third-order valence-corrected chi connectivity index (χ3v) is 2.62. The van der Waals surface area contributed by atoms with E-state index >= 15 is 0 Å². The number of ether oxygens (including phenoxy) is 2. The van der Waals surface area contributed by atoms with Crippen molar-refractivity contribution in [3.63, 3.8) is 0 Å². The Morgan fingerprint density at radius 2 is 2.23 bits per heavy atom. The Hall–Kier alpha value is 0.0900. The average Bonchev–Trinajstić information content (AvgIpc) is 2.15. The van der Waals surface area contributed by atoms with Crippen molar-refractivity contribution >= 4 is 11.6 Å². The van der Waals surface area contributed by atoms with Gasteiger partial charge in [-0.3, -0.25) is 0 Å². The summed E-state index contributed by atoms with van der Waals surface area (Å²) in [5.74, 6) is 0. The Bertz CT molecular complexity index is 151. The summed E-state index contributed by atoms with van der Waals surface area (Å²) in [6.45, 7) is -0.307. The molecular weight excluding hydrogens is 198 g/mol. The highest BCUT2D eigenvalue weighted by atomic mass is 35.5. The first-order valence-electron chi connectivity index (χ1n) is 3.98. The van der Waals surface area contributed by atoms with Crippen molar-refractivity contribution in [2.45, 2.75) is 29.9 Å². The van der Waals surface area contributed by atoms with Gasteiger partial charge >= 0.3 is 0 Å². The third-order valence-electron chi connectivity index (χ3n) is 2.12. The van der Waals surface area contributed by atoms with Gasteiger partial charge in [0.25, 0.3) is 0 Å². The molecule has 0 bridgehead atoms. The van der Waals surface area contributed by atoms with E-state index in [4.69, 9.17) is 31.9 Å². The topological polar surface area (TPSA) is 84.9 Å². The van der Waals surface area contributed by atoms with E-state index in [2.05, 4.69) is 0 Å². The molecule has 5 atom stereocenters. The predicted molar refractivity (Wildman–Crippen MR) is 46.4 cm³/mol. The molecule has 1 rings (SSSR count). The number of halogens is 1. The normalized spacial score (nSPS) is 46.4. The van der Waals surface area contributed by atoms with Crippen LogP contribution in [0.25, 0.3) is 0 Å². The van der Waals surface area contributed by atoms with E-state index < -0.39 is 29.9 Å². The molecular formula is C7H14ClNO4. The van der Waals surface area contributed by atoms with E-state index in [9.17, 15) is 5.11 Å². The van der Waals surface area contributed by atoms with Crippen LogP contribution in [0.2, 0.25) is 0 Å². The molecule has 0 aliphatic carbocycles. The number of hydrogen-bond donors (Lipinski definition) is 3. The lowest BCUT2D eigenvalue weighted by molar-refractivity contribution is -0.222. The summed E-state index contributed by atoms with van der Waals surface area (Å²) in [5, 5.41) is 17.7. The first-order valence-corrected chi connectivity index (χ1v) is 4.42. The molecule has 0 saturated carbocycles. The van der Waals surface area contributed by atoms with Gasteiger partial charge in [0.15, 0.2) is 6.29 Å². The summed E-state index contributed by atoms with van der Waals surface area (Å²) in [7, 11) is 1.43. The zero-order chi connectivity index (χ0) is 10.0. The van der Waals surface area contributed by atoms with Gasteiger partial charge < -0.3 is 25.4 Å². The van der Waals surface area contributed by atoms with Gasteiger partial charge in [-0.15, -0.1) is 11.6 Å². The largest absolute Gasteiger partial charge is 0.394 e. The predicted octanol–water partition coefficient (Wildman–Crippen LogP) is -1.35. The minimum atomic E-state index is -0.959. The number of hydrogen-bond acceptors (Lipinski definition) is 5. The second-order valence-corrected chi connectivity index (χ2v) is 3.48. The molecule has 13 heavy (non-hydrogen) atoms. The van der Waals surface area contributed by atoms with Crippen molar-refractivity contribution < 1.29 is 19.7 Å². The fourth-order valence-corrected chi connectivity index (χ4v) is 1.59. The maximum atomic E-state index is 9.47. The first-order chi connectivity index (χ1) is 6.11. The first kappa shape index (κ1) is 11.2. The Morgan fingerprint density at radius 3 is 2.69 bits per heavy atom. The zero-order valence-corrected chi connectivity index (χ0v) is 8.02. The Kier molecular flexibility index (Phi) is 3.90. The van der Waals surface area contributed by atoms with Crippen molar-refractivity contribution in [1.29, 1.82) is 0 Å². The quantitative estimate of drug-likeness (QED) is 0.492. The van der Waals surface area contributed by atoms with Crippen LogP contribution in [-0.4, -0.2) is 53.8 Å². The highest BCUT2D eigenvalue weighted by Gasteiger charge is 2.42. The monoisotopic (exact) mass is 211 g/mol. The minimum Gasteiger partial charge on any atom is -0.394 e. The van der Waals surface area contributed by atoms with E-state index in [1.54, 1.807) is 0 Å². The van der Waals surface area contributed by atoms with Gasteiger partial charge in [0, 0.05) is 7.11 Å². The van der Waals surface area contributed by atoms with Gasteiger partial charge in [-0.05, 0) is 0 Å². The molecule has 1 heterocycles. The van der Waals surface area contributed by atoms with Gasteiger partial charge in [-0.25, -0.2) is 0 Å². The van der Waals surface area contributed by atoms with E-state index in [-0.39, 0.29) is 6.61 Å². The smallest absolute Gasteiger partial charge is 0.175 e. The molecule has 0 amide bonds. The highest BCUT2D eigenvalue weighted by Crippen LogP contribution is 2.23. The van der Waals surface area contributed by atoms with Gasteiger partial charge in [-0.2, -0.15) is 0 Å². The molecule has 4 N–H and O–H groups in total. The fraction of sp³-hybridized carbons (Fsp3) is 1.00. The number of alkyl halides is 1. The van der Waals surface area contributed by atoms with Crippen molar-refractivity contribution in [3.05, 3.63) is 0 Å². The number of methoxy groups -OCH3 is 1. The van der Waals surface area contributed by atoms with Crippen molar-refractivity contribution in [2.75, 3.05) is 13.7 Å². The number of rotatable bonds is 2. The lowest BCUT2D eigenvalue weighted by Gasteiger charge is -2.39. The van der Waals surface area contributed by atoms with Crippen LogP contribution in [0.1, 0.15) is 0 Å². The van der Waals surface area contributed by atoms with Crippen molar-refractivity contribution in [1.82, 2.24) is 0 Å². The number of aliphatic hydroxyl groups excluding tert-OH is 2. The molecule has 1 saturated heterocycles. The molecule has 78 valence electrons. The number of aliphatic hydroxyl groups is 2. The molecule has 0 radical (unpaired) electrons. The second kappa shape index (κ2) is 4.54. The molecule has 1 aliphatic rings. The van der Waals surface area contributed by atoms with Crippen LogP contribution >= 0.6 is 11.6 Å². The zero-order valence-electron chi connectivity index (χ0n) is 7.26. The van der Waals surface area contributed by atoms with Crippen molar-refractivity contribution in [3.8, 4) is 0 Å². The van der Waals surface area contributed by atoms with E-state index in [1.165, 1.54) is 7.11 Å². The van der Waals surface area contributed by atoms with Crippen LogP contribution in [0, 0.1) is 0 Å². The lowest BCUT2D eigenvalue weighted by atomic mass is 9.99. The summed E-state index contributed by atoms with van der Waals surface area (Å²) in [6, 6.07) is -0.655. The van der Waals surface area contributed by atoms with Gasteiger partial charge in [0.05, 0.1) is 18.8 Å². The standard InChI is InChI=1S/C7H14ClNO4/c1-12-7-4(8)5(9)6(11)3(2-10)13-7/h3-7,10-11H,2,9H2,1H3. The molecule has 6 heteroatoms.